The summed E-state index contributed by atoms with van der Waals surface area (Å²) in [6.45, 7) is 0.191. The fourth-order valence-corrected chi connectivity index (χ4v) is 4.22. The Hall–Kier alpha value is -3.60. The van der Waals surface area contributed by atoms with Gasteiger partial charge in [-0.05, 0) is 40.7 Å². The number of hydrogen-bond donors (Lipinski definition) is 1. The number of carbonyl (C=O) groups excluding carboxylic acids is 2. The van der Waals surface area contributed by atoms with E-state index in [0.29, 0.717) is 12.8 Å². The lowest BCUT2D eigenvalue weighted by Crippen LogP contribution is -2.40. The van der Waals surface area contributed by atoms with E-state index < -0.39 is 18.1 Å². The Morgan fingerprint density at radius 1 is 0.871 bits per heavy atom. The maximum atomic E-state index is 12.5. The van der Waals surface area contributed by atoms with Crippen molar-refractivity contribution in [2.24, 2.45) is 0 Å². The van der Waals surface area contributed by atoms with Gasteiger partial charge in [0.25, 0.3) is 0 Å². The van der Waals surface area contributed by atoms with Crippen LogP contribution in [-0.4, -0.2) is 24.7 Å². The van der Waals surface area contributed by atoms with Crippen molar-refractivity contribution in [2.45, 2.75) is 31.2 Å². The highest BCUT2D eigenvalue weighted by molar-refractivity contribution is 5.79. The summed E-state index contributed by atoms with van der Waals surface area (Å²) in [4.78, 5) is 23.6. The maximum absolute atomic E-state index is 12.5. The zero-order chi connectivity index (χ0) is 21.6. The molecule has 1 atom stereocenters. The summed E-state index contributed by atoms with van der Waals surface area (Å²) in [7, 11) is 0. The first-order valence-electron chi connectivity index (χ1n) is 10.5. The van der Waals surface area contributed by atoms with Gasteiger partial charge in [-0.25, -0.2) is 4.79 Å². The number of amides is 1. The lowest BCUT2D eigenvalue weighted by atomic mass is 9.98. The zero-order valence-corrected chi connectivity index (χ0v) is 17.1. The summed E-state index contributed by atoms with van der Waals surface area (Å²) in [5.74, 6) is -1.24. The molecule has 0 radical (unpaired) electrons. The zero-order valence-electron chi connectivity index (χ0n) is 17.1. The van der Waals surface area contributed by atoms with Gasteiger partial charge in [0.05, 0.1) is 0 Å². The highest BCUT2D eigenvalue weighted by Gasteiger charge is 2.29. The minimum Gasteiger partial charge on any atom is -0.550 e. The Kier molecular flexibility index (Phi) is 6.32. The van der Waals surface area contributed by atoms with Gasteiger partial charge in [-0.2, -0.15) is 0 Å². The van der Waals surface area contributed by atoms with E-state index in [0.717, 1.165) is 27.8 Å². The number of hydrogen-bond acceptors (Lipinski definition) is 4. The lowest BCUT2D eigenvalue weighted by molar-refractivity contribution is -0.306. The van der Waals surface area contributed by atoms with Crippen LogP contribution in [0.15, 0.2) is 78.9 Å². The van der Waals surface area contributed by atoms with Crippen LogP contribution >= 0.6 is 0 Å². The molecule has 31 heavy (non-hydrogen) atoms. The highest BCUT2D eigenvalue weighted by Crippen LogP contribution is 2.44. The van der Waals surface area contributed by atoms with Gasteiger partial charge in [-0.1, -0.05) is 78.9 Å². The van der Waals surface area contributed by atoms with Gasteiger partial charge in [-0.15, -0.1) is 0 Å². The molecule has 0 saturated heterocycles. The van der Waals surface area contributed by atoms with E-state index >= 15 is 0 Å². The molecule has 3 aromatic rings. The van der Waals surface area contributed by atoms with E-state index in [2.05, 4.69) is 29.6 Å². The smallest absolute Gasteiger partial charge is 0.407 e. The molecule has 5 nitrogen and oxygen atoms in total. The van der Waals surface area contributed by atoms with E-state index in [1.807, 2.05) is 54.6 Å². The molecule has 1 N–H and O–H groups in total. The van der Waals surface area contributed by atoms with Crippen LogP contribution < -0.4 is 10.4 Å². The van der Waals surface area contributed by atoms with Crippen LogP contribution in [0, 0.1) is 0 Å². The molecule has 0 fully saturated rings. The standard InChI is InChI=1S/C26H25NO4/c28-25(29)16-19(15-14-18-8-2-1-3-9-18)27-26(30)31-17-24-22-12-6-4-10-20(22)21-11-5-7-13-23(21)24/h1-13,19,24H,14-17H2,(H,27,30)(H,28,29)/p-1/t19-/m1/s1. The van der Waals surface area contributed by atoms with Crippen molar-refractivity contribution in [3.05, 3.63) is 95.6 Å². The minimum absolute atomic E-state index is 0.0398. The van der Waals surface area contributed by atoms with Crippen molar-refractivity contribution in [3.63, 3.8) is 0 Å². The first-order chi connectivity index (χ1) is 15.1. The number of alkyl carbamates (subject to hydrolysis) is 1. The van der Waals surface area contributed by atoms with Gasteiger partial charge in [0.1, 0.15) is 6.61 Å². The third kappa shape index (κ3) is 4.94. The first kappa shape index (κ1) is 20.7. The van der Waals surface area contributed by atoms with Gasteiger partial charge in [0.15, 0.2) is 0 Å². The summed E-state index contributed by atoms with van der Waals surface area (Å²) in [6, 6.07) is 25.4. The molecule has 5 heteroatoms. The Bertz CT molecular complexity index is 1020. The number of fused-ring (bicyclic) bond motifs is 3. The van der Waals surface area contributed by atoms with Gasteiger partial charge < -0.3 is 20.0 Å². The second-order valence-corrected chi connectivity index (χ2v) is 7.77. The van der Waals surface area contributed by atoms with Gasteiger partial charge >= 0.3 is 6.09 Å². The topological polar surface area (TPSA) is 78.5 Å². The molecule has 1 aliphatic carbocycles. The summed E-state index contributed by atoms with van der Waals surface area (Å²) in [5.41, 5.74) is 5.66. The van der Waals surface area contributed by atoms with Gasteiger partial charge in [0.2, 0.25) is 0 Å². The molecule has 0 saturated carbocycles. The summed E-state index contributed by atoms with van der Waals surface area (Å²) >= 11 is 0. The highest BCUT2D eigenvalue weighted by atomic mass is 16.5. The monoisotopic (exact) mass is 414 g/mol. The number of benzene rings is 3. The normalized spacial score (nSPS) is 13.2. The molecule has 0 aliphatic heterocycles. The predicted octanol–water partition coefficient (Wildman–Crippen LogP) is 3.67. The van der Waals surface area contributed by atoms with Gasteiger partial charge in [0, 0.05) is 24.3 Å². The maximum Gasteiger partial charge on any atom is 0.407 e. The number of ether oxygens (including phenoxy) is 1. The molecule has 0 aromatic heterocycles. The van der Waals surface area contributed by atoms with Crippen LogP contribution in [0.5, 0.6) is 0 Å². The fourth-order valence-electron chi connectivity index (χ4n) is 4.22. The Morgan fingerprint density at radius 3 is 2.06 bits per heavy atom. The van der Waals surface area contributed by atoms with Crippen LogP contribution in [0.3, 0.4) is 0 Å². The average Bonchev–Trinajstić information content (AvgIpc) is 3.10. The number of rotatable bonds is 8. The third-order valence-electron chi connectivity index (χ3n) is 5.70. The summed E-state index contributed by atoms with van der Waals surface area (Å²) in [5, 5.41) is 13.8. The molecule has 0 heterocycles. The van der Waals surface area contributed by atoms with Crippen molar-refractivity contribution in [3.8, 4) is 11.1 Å². The Morgan fingerprint density at radius 2 is 1.45 bits per heavy atom. The molecule has 0 spiro atoms. The lowest BCUT2D eigenvalue weighted by Gasteiger charge is -2.20. The third-order valence-corrected chi connectivity index (χ3v) is 5.70. The van der Waals surface area contributed by atoms with Crippen molar-refractivity contribution in [1.82, 2.24) is 5.32 Å². The molecule has 1 aliphatic rings. The summed E-state index contributed by atoms with van der Waals surface area (Å²) < 4.78 is 5.54. The van der Waals surface area contributed by atoms with Crippen LogP contribution in [0.1, 0.15) is 35.4 Å². The number of carboxylic acids is 1. The van der Waals surface area contributed by atoms with E-state index in [1.54, 1.807) is 0 Å². The number of carbonyl (C=O) groups is 2. The van der Waals surface area contributed by atoms with E-state index in [9.17, 15) is 14.7 Å². The van der Waals surface area contributed by atoms with Crippen LogP contribution in [0.25, 0.3) is 11.1 Å². The molecule has 0 unspecified atom stereocenters. The average molecular weight is 414 g/mol. The predicted molar refractivity (Wildman–Crippen MR) is 116 cm³/mol. The number of aryl methyl sites for hydroxylation is 1. The van der Waals surface area contributed by atoms with Crippen molar-refractivity contribution >= 4 is 12.1 Å². The molecular formula is C26H24NO4-. The van der Waals surface area contributed by atoms with Gasteiger partial charge in [-0.3, -0.25) is 0 Å². The Balaban J connectivity index is 1.38. The molecule has 3 aromatic carbocycles. The van der Waals surface area contributed by atoms with Crippen molar-refractivity contribution in [1.29, 1.82) is 0 Å². The molecular weight excluding hydrogens is 390 g/mol. The Labute approximate surface area is 181 Å². The molecule has 4 rings (SSSR count). The van der Waals surface area contributed by atoms with Crippen LogP contribution in [-0.2, 0) is 16.0 Å². The van der Waals surface area contributed by atoms with Crippen molar-refractivity contribution in [2.75, 3.05) is 6.61 Å². The molecule has 158 valence electrons. The summed E-state index contributed by atoms with van der Waals surface area (Å²) in [6.07, 6.45) is 0.281. The van der Waals surface area contributed by atoms with E-state index in [1.165, 1.54) is 0 Å². The van der Waals surface area contributed by atoms with Crippen LogP contribution in [0.2, 0.25) is 0 Å². The molecule has 1 amide bonds. The van der Waals surface area contributed by atoms with Crippen LogP contribution in [0.4, 0.5) is 4.79 Å². The van der Waals surface area contributed by atoms with E-state index in [-0.39, 0.29) is 18.9 Å². The number of nitrogens with one attached hydrogen (secondary N) is 1. The fraction of sp³-hybridized carbons (Fsp3) is 0.231. The van der Waals surface area contributed by atoms with Crippen molar-refractivity contribution < 1.29 is 19.4 Å². The number of carboxylic acid groups (broad SMARTS) is 1. The first-order valence-corrected chi connectivity index (χ1v) is 10.5. The van der Waals surface area contributed by atoms with E-state index in [4.69, 9.17) is 4.74 Å². The molecule has 0 bridgehead atoms. The SMILES string of the molecule is O=C([O-])C[C@@H](CCc1ccccc1)NC(=O)OCC1c2ccccc2-c2ccccc21. The quantitative estimate of drug-likeness (QED) is 0.610. The number of aliphatic carboxylic acids is 1. The largest absolute Gasteiger partial charge is 0.550 e. The second kappa shape index (κ2) is 9.47. The second-order valence-electron chi connectivity index (χ2n) is 7.77. The minimum atomic E-state index is -1.20.